The van der Waals surface area contributed by atoms with Gasteiger partial charge in [0.2, 0.25) is 0 Å². The van der Waals surface area contributed by atoms with Crippen LogP contribution in [0.4, 0.5) is 0 Å². The number of hydrogen-bond donors (Lipinski definition) is 0. The zero-order chi connectivity index (χ0) is 19.5. The highest BCUT2D eigenvalue weighted by Gasteiger charge is 2.29. The van der Waals surface area contributed by atoms with Crippen molar-refractivity contribution in [1.29, 1.82) is 0 Å². The standard InChI is InChI=1S/C23H20N2O2S/c1-24-23-25(2)22(26)21(28-23)14-17-9-4-6-13-20(17)27-15-18-11-7-10-16-8-3-5-12-19(16)18/h3-14H,15H2,1-2H3/b21-14+,24-23?. The molecule has 3 aromatic rings. The highest BCUT2D eigenvalue weighted by Crippen LogP contribution is 2.33. The van der Waals surface area contributed by atoms with Crippen molar-refractivity contribution < 1.29 is 9.53 Å². The summed E-state index contributed by atoms with van der Waals surface area (Å²) >= 11 is 1.38. The highest BCUT2D eigenvalue weighted by atomic mass is 32.2. The second-order valence-corrected chi connectivity index (χ2v) is 7.45. The maximum Gasteiger partial charge on any atom is 0.266 e. The average molecular weight is 388 g/mol. The van der Waals surface area contributed by atoms with Crippen molar-refractivity contribution in [3.05, 3.63) is 82.8 Å². The second-order valence-electron chi connectivity index (χ2n) is 6.45. The van der Waals surface area contributed by atoms with Crippen molar-refractivity contribution in [2.75, 3.05) is 14.1 Å². The number of carbonyl (C=O) groups is 1. The van der Waals surface area contributed by atoms with Crippen LogP contribution < -0.4 is 4.74 Å². The van der Waals surface area contributed by atoms with E-state index in [2.05, 4.69) is 29.3 Å². The number of hydrogen-bond acceptors (Lipinski definition) is 4. The maximum atomic E-state index is 12.4. The van der Waals surface area contributed by atoms with Crippen LogP contribution in [0, 0.1) is 0 Å². The van der Waals surface area contributed by atoms with Gasteiger partial charge < -0.3 is 4.74 Å². The predicted octanol–water partition coefficient (Wildman–Crippen LogP) is 4.95. The van der Waals surface area contributed by atoms with E-state index in [1.165, 1.54) is 22.5 Å². The molecule has 0 aromatic heterocycles. The molecule has 1 aliphatic rings. The van der Waals surface area contributed by atoms with Crippen molar-refractivity contribution in [3.63, 3.8) is 0 Å². The smallest absolute Gasteiger partial charge is 0.266 e. The largest absolute Gasteiger partial charge is 0.488 e. The van der Waals surface area contributed by atoms with E-state index >= 15 is 0 Å². The zero-order valence-corrected chi connectivity index (χ0v) is 16.6. The summed E-state index contributed by atoms with van der Waals surface area (Å²) in [7, 11) is 3.43. The van der Waals surface area contributed by atoms with Gasteiger partial charge in [-0.05, 0) is 40.2 Å². The van der Waals surface area contributed by atoms with Crippen LogP contribution in [0.5, 0.6) is 5.75 Å². The Kier molecular flexibility index (Phi) is 5.17. The van der Waals surface area contributed by atoms with E-state index in [1.54, 1.807) is 19.0 Å². The first kappa shape index (κ1) is 18.3. The van der Waals surface area contributed by atoms with Crippen LogP contribution in [0.25, 0.3) is 16.8 Å². The minimum atomic E-state index is -0.0468. The lowest BCUT2D eigenvalue weighted by atomic mass is 10.1. The molecule has 4 rings (SSSR count). The van der Waals surface area contributed by atoms with Gasteiger partial charge in [0.15, 0.2) is 5.17 Å². The first-order valence-electron chi connectivity index (χ1n) is 9.00. The lowest BCUT2D eigenvalue weighted by Gasteiger charge is -2.11. The van der Waals surface area contributed by atoms with Gasteiger partial charge in [-0.1, -0.05) is 60.7 Å². The van der Waals surface area contributed by atoms with Crippen molar-refractivity contribution in [2.24, 2.45) is 4.99 Å². The second kappa shape index (κ2) is 7.90. The summed E-state index contributed by atoms with van der Waals surface area (Å²) in [6, 6.07) is 22.3. The Hall–Kier alpha value is -3.05. The number of thioether (sulfide) groups is 1. The number of para-hydroxylation sites is 1. The lowest BCUT2D eigenvalue weighted by molar-refractivity contribution is -0.121. The number of benzene rings is 3. The van der Waals surface area contributed by atoms with Gasteiger partial charge in [0, 0.05) is 19.7 Å². The van der Waals surface area contributed by atoms with Crippen molar-refractivity contribution in [3.8, 4) is 5.75 Å². The fourth-order valence-corrected chi connectivity index (χ4v) is 4.11. The van der Waals surface area contributed by atoms with E-state index < -0.39 is 0 Å². The number of likely N-dealkylation sites (N-methyl/N-ethyl adjacent to an activating group) is 1. The number of carbonyl (C=O) groups excluding carboxylic acids is 1. The van der Waals surface area contributed by atoms with Crippen LogP contribution in [-0.4, -0.2) is 30.1 Å². The molecule has 1 amide bonds. The third-order valence-electron chi connectivity index (χ3n) is 4.66. The Morgan fingerprint density at radius 1 is 1.04 bits per heavy atom. The van der Waals surface area contributed by atoms with Gasteiger partial charge in [-0.3, -0.25) is 14.7 Å². The van der Waals surface area contributed by atoms with Gasteiger partial charge in [-0.2, -0.15) is 0 Å². The highest BCUT2D eigenvalue weighted by molar-refractivity contribution is 8.18. The normalized spacial score (nSPS) is 17.1. The number of amides is 1. The number of amidine groups is 1. The first-order valence-corrected chi connectivity index (χ1v) is 9.82. The molecule has 1 heterocycles. The monoisotopic (exact) mass is 388 g/mol. The molecule has 0 atom stereocenters. The third kappa shape index (κ3) is 3.53. The van der Waals surface area contributed by atoms with Crippen LogP contribution in [0.15, 0.2) is 76.6 Å². The van der Waals surface area contributed by atoms with Gasteiger partial charge in [-0.15, -0.1) is 0 Å². The quantitative estimate of drug-likeness (QED) is 0.594. The van der Waals surface area contributed by atoms with E-state index in [4.69, 9.17) is 4.74 Å². The minimum absolute atomic E-state index is 0.0468. The van der Waals surface area contributed by atoms with Gasteiger partial charge in [0.1, 0.15) is 12.4 Å². The summed E-state index contributed by atoms with van der Waals surface area (Å²) in [6.07, 6.45) is 1.88. The Bertz CT molecular complexity index is 1100. The fourth-order valence-electron chi connectivity index (χ4n) is 3.20. The average Bonchev–Trinajstić information content (AvgIpc) is 3.01. The molecular weight excluding hydrogens is 368 g/mol. The van der Waals surface area contributed by atoms with Crippen LogP contribution in [-0.2, 0) is 11.4 Å². The number of rotatable bonds is 4. The summed E-state index contributed by atoms with van der Waals surface area (Å²) in [5.74, 6) is 0.704. The van der Waals surface area contributed by atoms with Crippen LogP contribution in [0.1, 0.15) is 11.1 Å². The molecule has 0 bridgehead atoms. The van der Waals surface area contributed by atoms with Crippen molar-refractivity contribution >= 4 is 39.7 Å². The molecule has 0 spiro atoms. The van der Waals surface area contributed by atoms with E-state index in [0.29, 0.717) is 16.7 Å². The predicted molar refractivity (Wildman–Crippen MR) is 116 cm³/mol. The van der Waals surface area contributed by atoms with Crippen LogP contribution in [0.2, 0.25) is 0 Å². The third-order valence-corrected chi connectivity index (χ3v) is 5.81. The first-order chi connectivity index (χ1) is 13.7. The summed E-state index contributed by atoms with van der Waals surface area (Å²) in [4.78, 5) is 18.8. The van der Waals surface area contributed by atoms with E-state index in [0.717, 1.165) is 16.9 Å². The van der Waals surface area contributed by atoms with Gasteiger partial charge in [0.25, 0.3) is 5.91 Å². The van der Waals surface area contributed by atoms with E-state index in [-0.39, 0.29) is 5.91 Å². The molecule has 0 N–H and O–H groups in total. The number of aliphatic imine (C=N–C) groups is 1. The Morgan fingerprint density at radius 2 is 1.79 bits per heavy atom. The molecular formula is C23H20N2O2S. The Morgan fingerprint density at radius 3 is 2.61 bits per heavy atom. The maximum absolute atomic E-state index is 12.4. The fraction of sp³-hybridized carbons (Fsp3) is 0.130. The molecule has 140 valence electrons. The lowest BCUT2D eigenvalue weighted by Crippen LogP contribution is -2.23. The zero-order valence-electron chi connectivity index (χ0n) is 15.8. The van der Waals surface area contributed by atoms with E-state index in [1.807, 2.05) is 48.5 Å². The van der Waals surface area contributed by atoms with E-state index in [9.17, 15) is 4.79 Å². The van der Waals surface area contributed by atoms with Crippen LogP contribution >= 0.6 is 11.8 Å². The Balaban J connectivity index is 1.61. The van der Waals surface area contributed by atoms with Gasteiger partial charge in [0.05, 0.1) is 4.91 Å². The molecule has 1 saturated heterocycles. The summed E-state index contributed by atoms with van der Waals surface area (Å²) in [5.41, 5.74) is 2.01. The van der Waals surface area contributed by atoms with Crippen molar-refractivity contribution in [1.82, 2.24) is 4.90 Å². The molecule has 28 heavy (non-hydrogen) atoms. The molecule has 0 aliphatic carbocycles. The molecule has 1 aliphatic heterocycles. The number of fused-ring (bicyclic) bond motifs is 1. The molecule has 5 heteroatoms. The minimum Gasteiger partial charge on any atom is -0.488 e. The molecule has 4 nitrogen and oxygen atoms in total. The molecule has 3 aromatic carbocycles. The SMILES string of the molecule is CN=C1S/C(=C/c2ccccc2OCc2cccc3ccccc23)C(=O)N1C. The van der Waals surface area contributed by atoms with Crippen LogP contribution in [0.3, 0.4) is 0 Å². The summed E-state index contributed by atoms with van der Waals surface area (Å²) < 4.78 is 6.15. The van der Waals surface area contributed by atoms with Gasteiger partial charge >= 0.3 is 0 Å². The summed E-state index contributed by atoms with van der Waals surface area (Å²) in [5, 5.41) is 3.08. The Labute approximate surface area is 168 Å². The molecule has 0 radical (unpaired) electrons. The molecule has 0 unspecified atom stereocenters. The molecule has 0 saturated carbocycles. The van der Waals surface area contributed by atoms with Crippen molar-refractivity contribution in [2.45, 2.75) is 6.61 Å². The number of ether oxygens (including phenoxy) is 1. The van der Waals surface area contributed by atoms with Gasteiger partial charge in [-0.25, -0.2) is 0 Å². The number of nitrogens with zero attached hydrogens (tertiary/aromatic N) is 2. The topological polar surface area (TPSA) is 41.9 Å². The summed E-state index contributed by atoms with van der Waals surface area (Å²) in [6.45, 7) is 0.463. The molecule has 1 fully saturated rings.